The van der Waals surface area contributed by atoms with E-state index < -0.39 is 27.9 Å². The van der Waals surface area contributed by atoms with E-state index in [1.165, 1.54) is 0 Å². The number of carbonyl (C=O) groups is 1. The fourth-order valence-electron chi connectivity index (χ4n) is 2.19. The first-order valence-electron chi connectivity index (χ1n) is 6.18. The van der Waals surface area contributed by atoms with Crippen LogP contribution < -0.4 is 0 Å². The summed E-state index contributed by atoms with van der Waals surface area (Å²) >= 11 is 0. The van der Waals surface area contributed by atoms with Gasteiger partial charge in [-0.15, -0.1) is 0 Å². The standard InChI is InChI=1S/C12H12F3NO5S/c13-12(14,15)22(19,20)21-10-7-9-4-2-1-3-8(9)5-6-16(10)11(17)18/h1-4,10H,5-7H2,(H,17,18). The zero-order chi connectivity index (χ0) is 16.5. The molecular weight excluding hydrogens is 327 g/mol. The van der Waals surface area contributed by atoms with Crippen LogP contribution in [0.2, 0.25) is 0 Å². The van der Waals surface area contributed by atoms with Crippen LogP contribution in [-0.2, 0) is 27.1 Å². The van der Waals surface area contributed by atoms with Crippen LogP contribution in [0.3, 0.4) is 0 Å². The molecule has 0 radical (unpaired) electrons. The van der Waals surface area contributed by atoms with Gasteiger partial charge >= 0.3 is 21.7 Å². The molecule has 2 rings (SSSR count). The Bertz CT molecular complexity index is 674. The largest absolute Gasteiger partial charge is 0.523 e. The van der Waals surface area contributed by atoms with E-state index in [9.17, 15) is 26.4 Å². The molecule has 1 N–H and O–H groups in total. The molecule has 0 saturated heterocycles. The summed E-state index contributed by atoms with van der Waals surface area (Å²) in [5.74, 6) is 0. The number of hydrogen-bond donors (Lipinski definition) is 1. The van der Waals surface area contributed by atoms with Gasteiger partial charge in [0.25, 0.3) is 0 Å². The minimum atomic E-state index is -5.89. The normalized spacial score (nSPS) is 19.4. The van der Waals surface area contributed by atoms with Crippen LogP contribution in [0.25, 0.3) is 0 Å². The number of rotatable bonds is 2. The molecule has 1 aromatic rings. The van der Waals surface area contributed by atoms with Crippen molar-refractivity contribution in [2.75, 3.05) is 6.54 Å². The lowest BCUT2D eigenvalue weighted by Crippen LogP contribution is -2.45. The minimum Gasteiger partial charge on any atom is -0.465 e. The predicted octanol–water partition coefficient (Wildman–Crippen LogP) is 1.96. The molecule has 1 aromatic carbocycles. The summed E-state index contributed by atoms with van der Waals surface area (Å²) in [5, 5.41) is 9.08. The lowest BCUT2D eigenvalue weighted by molar-refractivity contribution is -0.0651. The van der Waals surface area contributed by atoms with Gasteiger partial charge in [0.15, 0.2) is 6.23 Å². The molecule has 0 aromatic heterocycles. The zero-order valence-corrected chi connectivity index (χ0v) is 11.9. The topological polar surface area (TPSA) is 83.9 Å². The van der Waals surface area contributed by atoms with Gasteiger partial charge in [0, 0.05) is 13.0 Å². The van der Waals surface area contributed by atoms with Gasteiger partial charge in [-0.05, 0) is 17.5 Å². The van der Waals surface area contributed by atoms with E-state index in [4.69, 9.17) is 5.11 Å². The van der Waals surface area contributed by atoms with Crippen molar-refractivity contribution in [2.24, 2.45) is 0 Å². The van der Waals surface area contributed by atoms with Gasteiger partial charge in [0.1, 0.15) is 0 Å². The van der Waals surface area contributed by atoms with E-state index in [2.05, 4.69) is 4.18 Å². The predicted molar refractivity (Wildman–Crippen MR) is 68.4 cm³/mol. The van der Waals surface area contributed by atoms with Crippen molar-refractivity contribution in [1.82, 2.24) is 4.90 Å². The third-order valence-corrected chi connectivity index (χ3v) is 4.29. The van der Waals surface area contributed by atoms with E-state index in [0.717, 1.165) is 5.56 Å². The number of fused-ring (bicyclic) bond motifs is 1. The zero-order valence-electron chi connectivity index (χ0n) is 11.1. The Labute approximate surface area is 124 Å². The maximum absolute atomic E-state index is 12.4. The molecule has 0 fully saturated rings. The molecule has 0 spiro atoms. The average molecular weight is 339 g/mol. The number of hydrogen-bond acceptors (Lipinski definition) is 4. The highest BCUT2D eigenvalue weighted by Gasteiger charge is 2.50. The molecule has 1 unspecified atom stereocenters. The average Bonchev–Trinajstić information content (AvgIpc) is 2.55. The molecule has 1 heterocycles. The minimum absolute atomic E-state index is 0.162. The van der Waals surface area contributed by atoms with E-state index in [1.807, 2.05) is 0 Å². The van der Waals surface area contributed by atoms with Crippen molar-refractivity contribution in [1.29, 1.82) is 0 Å². The molecule has 1 aliphatic rings. The van der Waals surface area contributed by atoms with Crippen molar-refractivity contribution in [3.63, 3.8) is 0 Å². The van der Waals surface area contributed by atoms with Crippen molar-refractivity contribution >= 4 is 16.2 Å². The van der Waals surface area contributed by atoms with Crippen molar-refractivity contribution in [3.05, 3.63) is 35.4 Å². The van der Waals surface area contributed by atoms with Gasteiger partial charge in [-0.3, -0.25) is 4.90 Å². The molecule has 0 saturated carbocycles. The Balaban J connectivity index is 2.35. The van der Waals surface area contributed by atoms with E-state index >= 15 is 0 Å². The third kappa shape index (κ3) is 3.33. The Hall–Kier alpha value is -1.81. The summed E-state index contributed by atoms with van der Waals surface area (Å²) in [7, 11) is -5.89. The monoisotopic (exact) mass is 339 g/mol. The highest BCUT2D eigenvalue weighted by molar-refractivity contribution is 7.87. The molecular formula is C12H12F3NO5S. The second-order valence-electron chi connectivity index (χ2n) is 4.65. The first-order chi connectivity index (χ1) is 10.1. The highest BCUT2D eigenvalue weighted by atomic mass is 32.2. The SMILES string of the molecule is O=C(O)N1CCc2ccccc2CC1OS(=O)(=O)C(F)(F)F. The second-order valence-corrected chi connectivity index (χ2v) is 6.21. The molecule has 10 heteroatoms. The Morgan fingerprint density at radius 3 is 2.41 bits per heavy atom. The Kier molecular flexibility index (Phi) is 4.34. The Morgan fingerprint density at radius 2 is 1.86 bits per heavy atom. The number of alkyl halides is 3. The summed E-state index contributed by atoms with van der Waals surface area (Å²) in [5.41, 5.74) is -4.32. The van der Waals surface area contributed by atoms with Gasteiger partial charge in [0.05, 0.1) is 0 Å². The number of carboxylic acid groups (broad SMARTS) is 1. The van der Waals surface area contributed by atoms with Gasteiger partial charge in [-0.2, -0.15) is 21.6 Å². The van der Waals surface area contributed by atoms with Crippen LogP contribution >= 0.6 is 0 Å². The molecule has 1 aliphatic heterocycles. The van der Waals surface area contributed by atoms with Crippen LogP contribution in [0.15, 0.2) is 24.3 Å². The van der Waals surface area contributed by atoms with Crippen molar-refractivity contribution in [3.8, 4) is 0 Å². The van der Waals surface area contributed by atoms with Gasteiger partial charge < -0.3 is 5.11 Å². The fourth-order valence-corrected chi connectivity index (χ4v) is 2.76. The first kappa shape index (κ1) is 16.6. The molecule has 1 atom stereocenters. The van der Waals surface area contributed by atoms with Gasteiger partial charge in [0.2, 0.25) is 0 Å². The summed E-state index contributed by atoms with van der Waals surface area (Å²) in [6, 6.07) is 6.63. The van der Waals surface area contributed by atoms with E-state index in [-0.39, 0.29) is 19.4 Å². The van der Waals surface area contributed by atoms with Crippen LogP contribution in [0.5, 0.6) is 0 Å². The van der Waals surface area contributed by atoms with Gasteiger partial charge in [-0.1, -0.05) is 24.3 Å². The molecule has 0 aliphatic carbocycles. The number of benzene rings is 1. The molecule has 122 valence electrons. The van der Waals surface area contributed by atoms with E-state index in [0.29, 0.717) is 10.5 Å². The quantitative estimate of drug-likeness (QED) is 0.658. The summed E-state index contributed by atoms with van der Waals surface area (Å²) in [4.78, 5) is 11.7. The van der Waals surface area contributed by atoms with E-state index in [1.54, 1.807) is 24.3 Å². The maximum Gasteiger partial charge on any atom is 0.523 e. The highest BCUT2D eigenvalue weighted by Crippen LogP contribution is 2.29. The maximum atomic E-state index is 12.4. The smallest absolute Gasteiger partial charge is 0.465 e. The van der Waals surface area contributed by atoms with Crippen LogP contribution in [0.1, 0.15) is 11.1 Å². The lowest BCUT2D eigenvalue weighted by Gasteiger charge is -2.26. The summed E-state index contributed by atoms with van der Waals surface area (Å²) < 4.78 is 63.7. The Morgan fingerprint density at radius 1 is 1.27 bits per heavy atom. The lowest BCUT2D eigenvalue weighted by atomic mass is 10.0. The molecule has 0 bridgehead atoms. The number of halogens is 3. The van der Waals surface area contributed by atoms with Crippen LogP contribution in [0.4, 0.5) is 18.0 Å². The molecule has 1 amide bonds. The van der Waals surface area contributed by atoms with Crippen molar-refractivity contribution in [2.45, 2.75) is 24.6 Å². The van der Waals surface area contributed by atoms with Crippen LogP contribution in [0, 0.1) is 0 Å². The van der Waals surface area contributed by atoms with Crippen LogP contribution in [-0.4, -0.2) is 42.8 Å². The number of nitrogens with zero attached hydrogens (tertiary/aromatic N) is 1. The third-order valence-electron chi connectivity index (χ3n) is 3.25. The van der Waals surface area contributed by atoms with Crippen molar-refractivity contribution < 1.29 is 35.7 Å². The second kappa shape index (κ2) is 5.76. The summed E-state index contributed by atoms with van der Waals surface area (Å²) in [6.45, 7) is -0.162. The fraction of sp³-hybridized carbons (Fsp3) is 0.417. The molecule has 22 heavy (non-hydrogen) atoms. The van der Waals surface area contributed by atoms with Gasteiger partial charge in [-0.25, -0.2) is 8.98 Å². The number of amides is 1. The molecule has 6 nitrogen and oxygen atoms in total. The summed E-state index contributed by atoms with van der Waals surface area (Å²) in [6.07, 6.45) is -3.32. The first-order valence-corrected chi connectivity index (χ1v) is 7.58.